The maximum atomic E-state index is 6.43. The van der Waals surface area contributed by atoms with E-state index in [0.717, 1.165) is 67.4 Å². The molecule has 0 fully saturated rings. The maximum absolute atomic E-state index is 6.43. The van der Waals surface area contributed by atoms with Crippen LogP contribution >= 0.6 is 0 Å². The molecule has 8 aromatic rings. The molecule has 0 atom stereocenters. The number of hydrogen-bond donors (Lipinski definition) is 0. The number of ether oxygens (including phenoxy) is 2. The van der Waals surface area contributed by atoms with Crippen molar-refractivity contribution in [1.29, 1.82) is 0 Å². The van der Waals surface area contributed by atoms with Gasteiger partial charge in [-0.15, -0.1) is 0 Å². The molecule has 44 heavy (non-hydrogen) atoms. The van der Waals surface area contributed by atoms with Crippen LogP contribution < -0.4 is 14.4 Å². The zero-order chi connectivity index (χ0) is 29.3. The molecule has 0 saturated heterocycles. The second kappa shape index (κ2) is 11.0. The first-order valence-electron chi connectivity index (χ1n) is 14.6. The number of rotatable bonds is 7. The Balaban J connectivity index is 1.25. The Morgan fingerprint density at radius 2 is 0.909 bits per heavy atom. The molecule has 0 saturated carbocycles. The van der Waals surface area contributed by atoms with Crippen molar-refractivity contribution >= 4 is 49.8 Å². The second-order valence-electron chi connectivity index (χ2n) is 10.6. The van der Waals surface area contributed by atoms with E-state index in [9.17, 15) is 0 Å². The van der Waals surface area contributed by atoms with Gasteiger partial charge in [-0.1, -0.05) is 66.7 Å². The quantitative estimate of drug-likeness (QED) is 0.191. The van der Waals surface area contributed by atoms with E-state index in [2.05, 4.69) is 71.6 Å². The predicted octanol–water partition coefficient (Wildman–Crippen LogP) is 11.8. The SMILES string of the molecule is c1ccc(Oc2ccc(N(c3ccc(Oc4ccccc4)cc3)c3cccc4oc5cc6ccccc6cc5c34)cc2)cc1. The number of hydrogen-bond acceptors (Lipinski definition) is 4. The van der Waals surface area contributed by atoms with Crippen LogP contribution in [0.1, 0.15) is 0 Å². The summed E-state index contributed by atoms with van der Waals surface area (Å²) in [4.78, 5) is 2.26. The Kier molecular flexibility index (Phi) is 6.43. The van der Waals surface area contributed by atoms with E-state index in [0.29, 0.717) is 0 Å². The first-order valence-corrected chi connectivity index (χ1v) is 14.6. The maximum Gasteiger partial charge on any atom is 0.137 e. The molecule has 0 aliphatic rings. The van der Waals surface area contributed by atoms with Crippen LogP contribution in [0.4, 0.5) is 17.1 Å². The minimum atomic E-state index is 0.768. The molecule has 0 amide bonds. The predicted molar refractivity (Wildman–Crippen MR) is 179 cm³/mol. The lowest BCUT2D eigenvalue weighted by molar-refractivity contribution is 0.482. The van der Waals surface area contributed by atoms with E-state index in [-0.39, 0.29) is 0 Å². The van der Waals surface area contributed by atoms with E-state index in [1.807, 2.05) is 97.1 Å². The highest BCUT2D eigenvalue weighted by Gasteiger charge is 2.20. The van der Waals surface area contributed by atoms with Crippen LogP contribution in [0.5, 0.6) is 23.0 Å². The molecule has 0 spiro atoms. The van der Waals surface area contributed by atoms with Crippen molar-refractivity contribution in [3.63, 3.8) is 0 Å². The van der Waals surface area contributed by atoms with Crippen molar-refractivity contribution in [2.75, 3.05) is 4.90 Å². The van der Waals surface area contributed by atoms with Gasteiger partial charge in [-0.05, 0) is 108 Å². The molecule has 0 aliphatic heterocycles. The molecular formula is C40H27NO3. The van der Waals surface area contributed by atoms with Gasteiger partial charge >= 0.3 is 0 Å². The average Bonchev–Trinajstić information content (AvgIpc) is 3.44. The second-order valence-corrected chi connectivity index (χ2v) is 10.6. The fraction of sp³-hybridized carbons (Fsp3) is 0. The Morgan fingerprint density at radius 1 is 0.409 bits per heavy atom. The lowest BCUT2D eigenvalue weighted by Gasteiger charge is -2.26. The molecule has 7 aromatic carbocycles. The van der Waals surface area contributed by atoms with Crippen molar-refractivity contribution in [1.82, 2.24) is 0 Å². The molecule has 0 unspecified atom stereocenters. The van der Waals surface area contributed by atoms with Crippen molar-refractivity contribution in [2.24, 2.45) is 0 Å². The molecule has 4 nitrogen and oxygen atoms in total. The summed E-state index contributed by atoms with van der Waals surface area (Å²) in [5, 5.41) is 4.46. The number of fused-ring (bicyclic) bond motifs is 4. The molecule has 0 N–H and O–H groups in total. The monoisotopic (exact) mass is 569 g/mol. The summed E-state index contributed by atoms with van der Waals surface area (Å²) in [5.74, 6) is 3.14. The Labute approximate surface area is 254 Å². The van der Waals surface area contributed by atoms with Gasteiger partial charge < -0.3 is 18.8 Å². The van der Waals surface area contributed by atoms with E-state index in [4.69, 9.17) is 13.9 Å². The molecular weight excluding hydrogens is 542 g/mol. The van der Waals surface area contributed by atoms with Gasteiger partial charge in [0.05, 0.1) is 11.1 Å². The number of para-hydroxylation sites is 2. The van der Waals surface area contributed by atoms with Crippen LogP contribution in [0.2, 0.25) is 0 Å². The Morgan fingerprint density at radius 3 is 1.48 bits per heavy atom. The lowest BCUT2D eigenvalue weighted by Crippen LogP contribution is -2.10. The highest BCUT2D eigenvalue weighted by molar-refractivity contribution is 6.16. The van der Waals surface area contributed by atoms with Gasteiger partial charge in [0.15, 0.2) is 0 Å². The zero-order valence-corrected chi connectivity index (χ0v) is 23.8. The number of nitrogens with zero attached hydrogens (tertiary/aromatic N) is 1. The first kappa shape index (κ1) is 25.7. The van der Waals surface area contributed by atoms with Gasteiger partial charge in [-0.3, -0.25) is 0 Å². The topological polar surface area (TPSA) is 34.8 Å². The summed E-state index contributed by atoms with van der Waals surface area (Å²) in [6.07, 6.45) is 0. The van der Waals surface area contributed by atoms with E-state index >= 15 is 0 Å². The summed E-state index contributed by atoms with van der Waals surface area (Å²) >= 11 is 0. The van der Waals surface area contributed by atoms with Gasteiger partial charge in [-0.2, -0.15) is 0 Å². The van der Waals surface area contributed by atoms with Crippen LogP contribution in [0, 0.1) is 0 Å². The fourth-order valence-electron chi connectivity index (χ4n) is 5.68. The number of benzene rings is 7. The molecule has 0 aliphatic carbocycles. The fourth-order valence-corrected chi connectivity index (χ4v) is 5.68. The van der Waals surface area contributed by atoms with Crippen LogP contribution in [0.3, 0.4) is 0 Å². The highest BCUT2D eigenvalue weighted by Crippen LogP contribution is 2.44. The number of anilines is 3. The molecule has 4 heteroatoms. The van der Waals surface area contributed by atoms with Gasteiger partial charge in [0.1, 0.15) is 34.2 Å². The van der Waals surface area contributed by atoms with Gasteiger partial charge in [0, 0.05) is 16.8 Å². The van der Waals surface area contributed by atoms with E-state index in [1.165, 1.54) is 5.39 Å². The summed E-state index contributed by atoms with van der Waals surface area (Å²) in [5.41, 5.74) is 4.70. The van der Waals surface area contributed by atoms with Crippen molar-refractivity contribution < 1.29 is 13.9 Å². The lowest BCUT2D eigenvalue weighted by atomic mass is 10.0. The van der Waals surface area contributed by atoms with Crippen molar-refractivity contribution in [3.05, 3.63) is 164 Å². The summed E-state index contributed by atoms with van der Waals surface area (Å²) in [7, 11) is 0. The Bertz CT molecular complexity index is 2120. The smallest absolute Gasteiger partial charge is 0.137 e. The molecule has 1 heterocycles. The normalized spacial score (nSPS) is 11.2. The van der Waals surface area contributed by atoms with Crippen molar-refractivity contribution in [2.45, 2.75) is 0 Å². The summed E-state index contributed by atoms with van der Waals surface area (Å²) in [6.45, 7) is 0. The van der Waals surface area contributed by atoms with Crippen LogP contribution in [-0.2, 0) is 0 Å². The third-order valence-corrected chi connectivity index (χ3v) is 7.73. The van der Waals surface area contributed by atoms with E-state index in [1.54, 1.807) is 0 Å². The molecule has 0 bridgehead atoms. The van der Waals surface area contributed by atoms with Crippen molar-refractivity contribution in [3.8, 4) is 23.0 Å². The van der Waals surface area contributed by atoms with E-state index < -0.39 is 0 Å². The summed E-state index contributed by atoms with van der Waals surface area (Å²) < 4.78 is 18.6. The highest BCUT2D eigenvalue weighted by atomic mass is 16.5. The largest absolute Gasteiger partial charge is 0.457 e. The van der Waals surface area contributed by atoms with Crippen LogP contribution in [0.25, 0.3) is 32.7 Å². The van der Waals surface area contributed by atoms with Gasteiger partial charge in [-0.25, -0.2) is 0 Å². The number of furan rings is 1. The standard InChI is InChI=1S/C40H27NO3/c1-3-12-32(13-4-1)42-34-22-18-30(19-23-34)41(31-20-24-35(25-21-31)43-33-14-5-2-6-15-33)37-16-9-17-38-40(37)36-26-28-10-7-8-11-29(28)27-39(36)44-38/h1-27H. The average molecular weight is 570 g/mol. The molecule has 1 aromatic heterocycles. The minimum Gasteiger partial charge on any atom is -0.457 e. The molecule has 0 radical (unpaired) electrons. The van der Waals surface area contributed by atoms with Crippen LogP contribution in [0.15, 0.2) is 168 Å². The molecule has 210 valence electrons. The van der Waals surface area contributed by atoms with Gasteiger partial charge in [0.25, 0.3) is 0 Å². The molecule has 8 rings (SSSR count). The zero-order valence-electron chi connectivity index (χ0n) is 23.8. The first-order chi connectivity index (χ1) is 21.8. The summed E-state index contributed by atoms with van der Waals surface area (Å²) in [6, 6.07) is 55.0. The van der Waals surface area contributed by atoms with Crippen LogP contribution in [-0.4, -0.2) is 0 Å². The van der Waals surface area contributed by atoms with Gasteiger partial charge in [0.2, 0.25) is 0 Å². The third-order valence-electron chi connectivity index (χ3n) is 7.73. The minimum absolute atomic E-state index is 0.768. The third kappa shape index (κ3) is 4.89. The Hall–Kier alpha value is -6.00.